The third kappa shape index (κ3) is 2.96. The molecule has 0 bridgehead atoms. The van der Waals surface area contributed by atoms with Crippen molar-refractivity contribution >= 4 is 5.91 Å². The van der Waals surface area contributed by atoms with Crippen LogP contribution in [0.4, 0.5) is 0 Å². The Bertz CT molecular complexity index is 185. The zero-order chi connectivity index (χ0) is 10.4. The third-order valence-electron chi connectivity index (χ3n) is 2.64. The van der Waals surface area contributed by atoms with Crippen molar-refractivity contribution in [3.63, 3.8) is 0 Å². The SMILES string of the molecule is CCCCN1CCCNC(=O)C1CO. The van der Waals surface area contributed by atoms with Crippen molar-refractivity contribution in [1.82, 2.24) is 10.2 Å². The van der Waals surface area contributed by atoms with Gasteiger partial charge in [0.2, 0.25) is 5.91 Å². The lowest BCUT2D eigenvalue weighted by Crippen LogP contribution is -2.46. The number of carbonyl (C=O) groups excluding carboxylic acids is 1. The van der Waals surface area contributed by atoms with Gasteiger partial charge in [-0.3, -0.25) is 9.69 Å². The van der Waals surface area contributed by atoms with Crippen LogP contribution in [0.25, 0.3) is 0 Å². The number of carbonyl (C=O) groups is 1. The lowest BCUT2D eigenvalue weighted by Gasteiger charge is -2.26. The van der Waals surface area contributed by atoms with Crippen LogP contribution in [0.15, 0.2) is 0 Å². The maximum absolute atomic E-state index is 11.5. The van der Waals surface area contributed by atoms with Crippen molar-refractivity contribution in [2.75, 3.05) is 26.2 Å². The summed E-state index contributed by atoms with van der Waals surface area (Å²) < 4.78 is 0. The largest absolute Gasteiger partial charge is 0.394 e. The van der Waals surface area contributed by atoms with Gasteiger partial charge in [-0.2, -0.15) is 0 Å². The normalized spacial score (nSPS) is 24.4. The molecule has 0 aliphatic carbocycles. The smallest absolute Gasteiger partial charge is 0.239 e. The van der Waals surface area contributed by atoms with E-state index in [4.69, 9.17) is 5.11 Å². The lowest BCUT2D eigenvalue weighted by molar-refractivity contribution is -0.126. The van der Waals surface area contributed by atoms with E-state index >= 15 is 0 Å². The molecule has 0 aromatic rings. The fourth-order valence-corrected chi connectivity index (χ4v) is 1.76. The monoisotopic (exact) mass is 200 g/mol. The summed E-state index contributed by atoms with van der Waals surface area (Å²) in [6.07, 6.45) is 3.19. The van der Waals surface area contributed by atoms with E-state index in [1.54, 1.807) is 0 Å². The van der Waals surface area contributed by atoms with E-state index in [1.165, 1.54) is 0 Å². The Kier molecular flexibility index (Phi) is 4.90. The average Bonchev–Trinajstić information content (AvgIpc) is 2.36. The first-order valence-electron chi connectivity index (χ1n) is 5.42. The summed E-state index contributed by atoms with van der Waals surface area (Å²) in [5.74, 6) is -0.0268. The molecule has 0 spiro atoms. The minimum atomic E-state index is -0.330. The Balaban J connectivity index is 2.53. The summed E-state index contributed by atoms with van der Waals surface area (Å²) in [5, 5.41) is 12.0. The second kappa shape index (κ2) is 5.98. The summed E-state index contributed by atoms with van der Waals surface area (Å²) in [4.78, 5) is 13.6. The predicted octanol–water partition coefficient (Wildman–Crippen LogP) is -0.0307. The first kappa shape index (κ1) is 11.5. The molecule has 0 aromatic carbocycles. The average molecular weight is 200 g/mol. The molecule has 0 radical (unpaired) electrons. The van der Waals surface area contributed by atoms with Crippen LogP contribution < -0.4 is 5.32 Å². The Morgan fingerprint density at radius 3 is 3.07 bits per heavy atom. The van der Waals surface area contributed by atoms with Crippen molar-refractivity contribution in [2.24, 2.45) is 0 Å². The topological polar surface area (TPSA) is 52.6 Å². The van der Waals surface area contributed by atoms with Crippen LogP contribution >= 0.6 is 0 Å². The molecule has 1 rings (SSSR count). The second-order valence-corrected chi connectivity index (χ2v) is 3.73. The van der Waals surface area contributed by atoms with Crippen LogP contribution in [-0.4, -0.2) is 48.2 Å². The van der Waals surface area contributed by atoms with Gasteiger partial charge >= 0.3 is 0 Å². The molecule has 82 valence electrons. The third-order valence-corrected chi connectivity index (χ3v) is 2.64. The molecule has 1 fully saturated rings. The maximum Gasteiger partial charge on any atom is 0.239 e. The van der Waals surface area contributed by atoms with E-state index in [9.17, 15) is 4.79 Å². The number of nitrogens with one attached hydrogen (secondary N) is 1. The van der Waals surface area contributed by atoms with Crippen molar-refractivity contribution in [1.29, 1.82) is 0 Å². The molecular weight excluding hydrogens is 180 g/mol. The molecule has 4 nitrogen and oxygen atoms in total. The molecule has 1 amide bonds. The molecule has 1 atom stereocenters. The Morgan fingerprint density at radius 1 is 1.64 bits per heavy atom. The summed E-state index contributed by atoms with van der Waals surface area (Å²) >= 11 is 0. The Hall–Kier alpha value is -0.610. The molecule has 4 heteroatoms. The molecule has 1 heterocycles. The number of aliphatic hydroxyl groups excluding tert-OH is 1. The molecule has 1 aliphatic heterocycles. The van der Waals surface area contributed by atoms with Gasteiger partial charge in [-0.05, 0) is 19.4 Å². The van der Waals surface area contributed by atoms with Gasteiger partial charge in [-0.1, -0.05) is 13.3 Å². The number of hydrogen-bond donors (Lipinski definition) is 2. The summed E-state index contributed by atoms with van der Waals surface area (Å²) in [6.45, 7) is 4.61. The summed E-state index contributed by atoms with van der Waals surface area (Å²) in [7, 11) is 0. The minimum Gasteiger partial charge on any atom is -0.394 e. The van der Waals surface area contributed by atoms with E-state index in [-0.39, 0.29) is 18.6 Å². The van der Waals surface area contributed by atoms with Crippen LogP contribution in [0.3, 0.4) is 0 Å². The van der Waals surface area contributed by atoms with E-state index in [1.807, 2.05) is 0 Å². The number of nitrogens with zero attached hydrogens (tertiary/aromatic N) is 1. The minimum absolute atomic E-state index is 0.0268. The highest BCUT2D eigenvalue weighted by molar-refractivity contribution is 5.82. The number of rotatable bonds is 4. The van der Waals surface area contributed by atoms with Gasteiger partial charge < -0.3 is 10.4 Å². The van der Waals surface area contributed by atoms with E-state index in [2.05, 4.69) is 17.1 Å². The predicted molar refractivity (Wildman–Crippen MR) is 55.0 cm³/mol. The number of hydrogen-bond acceptors (Lipinski definition) is 3. The molecule has 1 aliphatic rings. The van der Waals surface area contributed by atoms with Gasteiger partial charge in [0.15, 0.2) is 0 Å². The first-order chi connectivity index (χ1) is 6.79. The van der Waals surface area contributed by atoms with Crippen LogP contribution in [0.1, 0.15) is 26.2 Å². The standard InChI is InChI=1S/C10H20N2O2/c1-2-3-6-12-7-4-5-11-10(14)9(12)8-13/h9,13H,2-8H2,1H3,(H,11,14). The number of unbranched alkanes of at least 4 members (excludes halogenated alkanes) is 1. The van der Waals surface area contributed by atoms with Crippen LogP contribution in [0.2, 0.25) is 0 Å². The molecule has 2 N–H and O–H groups in total. The zero-order valence-corrected chi connectivity index (χ0v) is 8.83. The van der Waals surface area contributed by atoms with E-state index in [0.717, 1.165) is 38.9 Å². The van der Waals surface area contributed by atoms with Crippen molar-refractivity contribution in [2.45, 2.75) is 32.2 Å². The summed E-state index contributed by atoms with van der Waals surface area (Å²) in [6, 6.07) is -0.330. The second-order valence-electron chi connectivity index (χ2n) is 3.73. The molecule has 1 unspecified atom stereocenters. The highest BCUT2D eigenvalue weighted by Crippen LogP contribution is 2.06. The number of aliphatic hydroxyl groups is 1. The maximum atomic E-state index is 11.5. The van der Waals surface area contributed by atoms with Gasteiger partial charge in [0.1, 0.15) is 6.04 Å². The Morgan fingerprint density at radius 2 is 2.43 bits per heavy atom. The fourth-order valence-electron chi connectivity index (χ4n) is 1.76. The van der Waals surface area contributed by atoms with Gasteiger partial charge in [0, 0.05) is 13.1 Å². The molecular formula is C10H20N2O2. The summed E-state index contributed by atoms with van der Waals surface area (Å²) in [5.41, 5.74) is 0. The lowest BCUT2D eigenvalue weighted by atomic mass is 10.2. The molecule has 0 aromatic heterocycles. The van der Waals surface area contributed by atoms with Gasteiger partial charge in [0.25, 0.3) is 0 Å². The molecule has 1 saturated heterocycles. The van der Waals surface area contributed by atoms with Gasteiger partial charge in [0.05, 0.1) is 6.61 Å². The van der Waals surface area contributed by atoms with Gasteiger partial charge in [-0.25, -0.2) is 0 Å². The van der Waals surface area contributed by atoms with E-state index in [0.29, 0.717) is 0 Å². The van der Waals surface area contributed by atoms with Crippen LogP contribution in [0.5, 0.6) is 0 Å². The molecule has 0 saturated carbocycles. The highest BCUT2D eigenvalue weighted by atomic mass is 16.3. The van der Waals surface area contributed by atoms with Crippen molar-refractivity contribution in [3.8, 4) is 0 Å². The van der Waals surface area contributed by atoms with Crippen molar-refractivity contribution in [3.05, 3.63) is 0 Å². The highest BCUT2D eigenvalue weighted by Gasteiger charge is 2.26. The fraction of sp³-hybridized carbons (Fsp3) is 0.900. The van der Waals surface area contributed by atoms with Crippen molar-refractivity contribution < 1.29 is 9.90 Å². The van der Waals surface area contributed by atoms with E-state index < -0.39 is 0 Å². The van der Waals surface area contributed by atoms with Crippen LogP contribution in [-0.2, 0) is 4.79 Å². The Labute approximate surface area is 85.3 Å². The van der Waals surface area contributed by atoms with Crippen LogP contribution in [0, 0.1) is 0 Å². The van der Waals surface area contributed by atoms with Gasteiger partial charge in [-0.15, -0.1) is 0 Å². The zero-order valence-electron chi connectivity index (χ0n) is 8.83. The quantitative estimate of drug-likeness (QED) is 0.670. The molecule has 14 heavy (non-hydrogen) atoms. The number of amides is 1. The first-order valence-corrected chi connectivity index (χ1v) is 5.42.